The number of nitrogens with zero attached hydrogens (tertiary/aromatic N) is 2. The van der Waals surface area contributed by atoms with E-state index in [-0.39, 0.29) is 13.1 Å². The molecule has 0 unspecified atom stereocenters. The third kappa shape index (κ3) is 2.52. The van der Waals surface area contributed by atoms with Gasteiger partial charge in [0.05, 0.1) is 0 Å². The number of rotatable bonds is 3. The number of halogens is 4. The van der Waals surface area contributed by atoms with Crippen molar-refractivity contribution in [2.45, 2.75) is 22.8 Å². The smallest absolute Gasteiger partial charge is 0.229 e. The quantitative estimate of drug-likeness (QED) is 0.624. The minimum Gasteiger partial charge on any atom is -0.367 e. The van der Waals surface area contributed by atoms with Gasteiger partial charge in [-0.15, -0.1) is 0 Å². The monoisotopic (exact) mass is 360 g/mol. The van der Waals surface area contributed by atoms with E-state index in [1.54, 1.807) is 0 Å². The van der Waals surface area contributed by atoms with Crippen molar-refractivity contribution in [2.75, 3.05) is 18.0 Å². The van der Waals surface area contributed by atoms with E-state index in [1.165, 1.54) is 12.1 Å². The molecule has 1 aromatic heterocycles. The molecular weight excluding hydrogens is 348 g/mol. The normalized spacial score (nSPS) is 15.1. The molecule has 0 atom stereocenters. The Morgan fingerprint density at radius 1 is 0.917 bits per heavy atom. The zero-order chi connectivity index (χ0) is 17.5. The average Bonchev–Trinajstić information content (AvgIpc) is 3.08. The molecule has 2 heterocycles. The summed E-state index contributed by atoms with van der Waals surface area (Å²) in [6.45, 7) is 0.470. The van der Waals surface area contributed by atoms with Crippen LogP contribution in [0.15, 0.2) is 34.3 Å². The summed E-state index contributed by atoms with van der Waals surface area (Å²) < 4.78 is 81.9. The topological polar surface area (TPSA) is 50.3 Å². The molecule has 128 valence electrons. The minimum atomic E-state index is -4.85. The predicted octanol–water partition coefficient (Wildman–Crippen LogP) is 3.07. The van der Waals surface area contributed by atoms with Gasteiger partial charge >= 0.3 is 0 Å². The summed E-state index contributed by atoms with van der Waals surface area (Å²) in [5, 5.41) is -0.699. The number of pyridine rings is 1. The Labute approximate surface area is 135 Å². The number of sulfone groups is 1. The molecule has 1 aromatic carbocycles. The lowest BCUT2D eigenvalue weighted by atomic mass is 10.2. The lowest BCUT2D eigenvalue weighted by molar-refractivity contribution is 0.419. The molecule has 3 rings (SSSR count). The Hall–Kier alpha value is -2.16. The molecule has 0 bridgehead atoms. The number of anilines is 1. The van der Waals surface area contributed by atoms with Crippen molar-refractivity contribution in [3.63, 3.8) is 0 Å². The van der Waals surface area contributed by atoms with E-state index in [1.807, 2.05) is 0 Å². The highest BCUT2D eigenvalue weighted by Gasteiger charge is 2.36. The zero-order valence-electron chi connectivity index (χ0n) is 12.3. The van der Waals surface area contributed by atoms with E-state index >= 15 is 0 Å². The van der Waals surface area contributed by atoms with Gasteiger partial charge in [0.15, 0.2) is 33.2 Å². The van der Waals surface area contributed by atoms with E-state index in [0.717, 1.165) is 17.2 Å². The molecule has 1 aliphatic heterocycles. The number of aromatic nitrogens is 1. The van der Waals surface area contributed by atoms with Crippen LogP contribution in [0.2, 0.25) is 0 Å². The standard InChI is InChI=1S/C15H12F4N2O2S/c16-10-12(18)15(24(22,23)9-5-1-2-6-20-9)13(19)11(17)14(10)21-7-3-4-8-21/h1-2,5-6H,3-4,7-8H2. The van der Waals surface area contributed by atoms with E-state index in [2.05, 4.69) is 4.98 Å². The molecule has 1 aliphatic rings. The van der Waals surface area contributed by atoms with Gasteiger partial charge in [-0.1, -0.05) is 6.07 Å². The first-order valence-electron chi connectivity index (χ1n) is 7.12. The molecule has 0 saturated carbocycles. The van der Waals surface area contributed by atoms with Crippen molar-refractivity contribution in [2.24, 2.45) is 0 Å². The van der Waals surface area contributed by atoms with E-state index in [9.17, 15) is 26.0 Å². The molecule has 0 N–H and O–H groups in total. The van der Waals surface area contributed by atoms with Crippen molar-refractivity contribution in [3.05, 3.63) is 47.7 Å². The molecule has 4 nitrogen and oxygen atoms in total. The molecule has 9 heteroatoms. The summed E-state index contributed by atoms with van der Waals surface area (Å²) in [6, 6.07) is 3.66. The van der Waals surface area contributed by atoms with Gasteiger partial charge in [-0.3, -0.25) is 0 Å². The SMILES string of the molecule is O=S(=O)(c1ccccn1)c1c(F)c(F)c(N2CCCC2)c(F)c1F. The third-order valence-electron chi connectivity index (χ3n) is 3.80. The zero-order valence-corrected chi connectivity index (χ0v) is 13.1. The van der Waals surface area contributed by atoms with Crippen LogP contribution in [0, 0.1) is 23.3 Å². The van der Waals surface area contributed by atoms with Crippen molar-refractivity contribution in [1.82, 2.24) is 4.98 Å². The van der Waals surface area contributed by atoms with Crippen LogP contribution in [-0.4, -0.2) is 26.5 Å². The van der Waals surface area contributed by atoms with Crippen LogP contribution in [0.3, 0.4) is 0 Å². The van der Waals surface area contributed by atoms with Gasteiger partial charge in [0, 0.05) is 19.3 Å². The Bertz CT molecular complexity index is 853. The van der Waals surface area contributed by atoms with Gasteiger partial charge < -0.3 is 4.90 Å². The molecule has 0 radical (unpaired) electrons. The molecule has 1 fully saturated rings. The molecule has 0 aliphatic carbocycles. The molecule has 0 amide bonds. The van der Waals surface area contributed by atoms with E-state index < -0.39 is 48.7 Å². The number of hydrogen-bond acceptors (Lipinski definition) is 4. The highest BCUT2D eigenvalue weighted by atomic mass is 32.2. The second-order valence-corrected chi connectivity index (χ2v) is 7.13. The van der Waals surface area contributed by atoms with E-state index in [0.29, 0.717) is 12.8 Å². The molecule has 24 heavy (non-hydrogen) atoms. The Balaban J connectivity index is 2.24. The van der Waals surface area contributed by atoms with Gasteiger partial charge in [-0.05, 0) is 25.0 Å². The Morgan fingerprint density at radius 2 is 1.50 bits per heavy atom. The van der Waals surface area contributed by atoms with Crippen molar-refractivity contribution >= 4 is 15.5 Å². The van der Waals surface area contributed by atoms with Gasteiger partial charge in [0.25, 0.3) is 0 Å². The lowest BCUT2D eigenvalue weighted by Gasteiger charge is -2.21. The van der Waals surface area contributed by atoms with Gasteiger partial charge in [0.1, 0.15) is 5.69 Å². The van der Waals surface area contributed by atoms with Crippen LogP contribution in [-0.2, 0) is 9.84 Å². The Morgan fingerprint density at radius 3 is 2.00 bits per heavy atom. The third-order valence-corrected chi connectivity index (χ3v) is 5.49. The van der Waals surface area contributed by atoms with Crippen LogP contribution < -0.4 is 4.90 Å². The minimum absolute atomic E-state index is 0.235. The van der Waals surface area contributed by atoms with Crippen LogP contribution in [0.4, 0.5) is 23.2 Å². The maximum atomic E-state index is 14.3. The summed E-state index contributed by atoms with van der Waals surface area (Å²) in [4.78, 5) is 2.98. The second-order valence-electron chi connectivity index (χ2n) is 5.30. The maximum absolute atomic E-state index is 14.3. The molecule has 0 spiro atoms. The Kier molecular flexibility index (Phi) is 4.20. The molecule has 2 aromatic rings. The summed E-state index contributed by atoms with van der Waals surface area (Å²) in [5.41, 5.74) is -0.873. The van der Waals surface area contributed by atoms with Crippen LogP contribution >= 0.6 is 0 Å². The van der Waals surface area contributed by atoms with Crippen molar-refractivity contribution in [3.8, 4) is 0 Å². The first-order valence-corrected chi connectivity index (χ1v) is 8.61. The van der Waals surface area contributed by atoms with Crippen molar-refractivity contribution < 1.29 is 26.0 Å². The summed E-state index contributed by atoms with van der Waals surface area (Å²) in [5.74, 6) is -7.32. The van der Waals surface area contributed by atoms with Crippen LogP contribution in [0.25, 0.3) is 0 Å². The first-order chi connectivity index (χ1) is 11.4. The van der Waals surface area contributed by atoms with Gasteiger partial charge in [-0.2, -0.15) is 0 Å². The molecular formula is C15H12F4N2O2S. The molecule has 1 saturated heterocycles. The summed E-state index contributed by atoms with van der Waals surface area (Å²) >= 11 is 0. The maximum Gasteiger partial charge on any atom is 0.229 e. The number of hydrogen-bond donors (Lipinski definition) is 0. The number of benzene rings is 1. The van der Waals surface area contributed by atoms with Gasteiger partial charge in [0.2, 0.25) is 9.84 Å². The summed E-state index contributed by atoms with van der Waals surface area (Å²) in [7, 11) is -4.85. The fourth-order valence-corrected chi connectivity index (χ4v) is 3.98. The van der Waals surface area contributed by atoms with Crippen LogP contribution in [0.5, 0.6) is 0 Å². The largest absolute Gasteiger partial charge is 0.367 e. The van der Waals surface area contributed by atoms with E-state index in [4.69, 9.17) is 0 Å². The fraction of sp³-hybridized carbons (Fsp3) is 0.267. The highest BCUT2D eigenvalue weighted by molar-refractivity contribution is 7.91. The fourth-order valence-electron chi connectivity index (χ4n) is 2.66. The van der Waals surface area contributed by atoms with Gasteiger partial charge in [-0.25, -0.2) is 31.0 Å². The lowest BCUT2D eigenvalue weighted by Crippen LogP contribution is -2.23. The highest BCUT2D eigenvalue weighted by Crippen LogP contribution is 2.36. The summed E-state index contributed by atoms with van der Waals surface area (Å²) in [6.07, 6.45) is 2.33. The van der Waals surface area contributed by atoms with Crippen molar-refractivity contribution in [1.29, 1.82) is 0 Å². The average molecular weight is 360 g/mol. The second kappa shape index (κ2) is 6.04. The predicted molar refractivity (Wildman–Crippen MR) is 77.4 cm³/mol. The van der Waals surface area contributed by atoms with Crippen LogP contribution in [0.1, 0.15) is 12.8 Å². The first kappa shape index (κ1) is 16.7.